The predicted octanol–water partition coefficient (Wildman–Crippen LogP) is 6.48. The zero-order chi connectivity index (χ0) is 29.9. The van der Waals surface area contributed by atoms with Gasteiger partial charge in [-0.05, 0) is 110 Å². The van der Waals surface area contributed by atoms with Gasteiger partial charge in [-0.3, -0.25) is 4.79 Å². The SMILES string of the molecule is Cc1cc(F)ccc1-c1cc(NC(=O)c2ccc(OC3CCNC3)c(-c3ccc(F)c(F)c3)c2)ccc1OC1CCNC1. The quantitative estimate of drug-likeness (QED) is 0.220. The standard InChI is InChI=1S/C34H32F3N3O3/c1-20-14-23(35)4-6-27(20)29-17-24(5-9-33(29)43-26-11-13-39-19-26)40-34(41)22-3-8-32(42-25-10-12-38-18-25)28(15-22)21-2-7-30(36)31(37)16-21/h2-9,14-17,25-26,38-39H,10-13,18-19H2,1H3,(H,40,41). The van der Waals surface area contributed by atoms with Gasteiger partial charge in [0, 0.05) is 35.5 Å². The molecule has 2 unspecified atom stereocenters. The summed E-state index contributed by atoms with van der Waals surface area (Å²) in [6.45, 7) is 4.93. The first-order valence-corrected chi connectivity index (χ1v) is 14.4. The molecule has 2 heterocycles. The molecule has 2 atom stereocenters. The Labute approximate surface area is 248 Å². The molecule has 0 spiro atoms. The zero-order valence-corrected chi connectivity index (χ0v) is 23.7. The number of carbonyl (C=O) groups is 1. The minimum atomic E-state index is -0.986. The van der Waals surface area contributed by atoms with Gasteiger partial charge >= 0.3 is 0 Å². The van der Waals surface area contributed by atoms with E-state index in [-0.39, 0.29) is 18.0 Å². The lowest BCUT2D eigenvalue weighted by atomic mass is 9.98. The normalized spacial score (nSPS) is 18.0. The molecule has 0 aliphatic carbocycles. The largest absolute Gasteiger partial charge is 0.488 e. The Morgan fingerprint density at radius 1 is 0.744 bits per heavy atom. The molecular formula is C34H32F3N3O3. The van der Waals surface area contributed by atoms with E-state index in [9.17, 15) is 18.0 Å². The second-order valence-corrected chi connectivity index (χ2v) is 10.9. The first-order chi connectivity index (χ1) is 20.8. The number of carbonyl (C=O) groups excluding carboxylic acids is 1. The molecule has 3 N–H and O–H groups in total. The van der Waals surface area contributed by atoms with E-state index in [1.54, 1.807) is 30.3 Å². The zero-order valence-electron chi connectivity index (χ0n) is 23.7. The second kappa shape index (κ2) is 12.5. The summed E-state index contributed by atoms with van der Waals surface area (Å²) in [7, 11) is 0. The third-order valence-corrected chi connectivity index (χ3v) is 7.81. The Morgan fingerprint density at radius 3 is 2.09 bits per heavy atom. The van der Waals surface area contributed by atoms with Gasteiger partial charge in [-0.25, -0.2) is 13.2 Å². The van der Waals surface area contributed by atoms with Gasteiger partial charge in [0.2, 0.25) is 0 Å². The van der Waals surface area contributed by atoms with Gasteiger partial charge in [-0.2, -0.15) is 0 Å². The first-order valence-electron chi connectivity index (χ1n) is 14.4. The molecule has 9 heteroatoms. The molecular weight excluding hydrogens is 555 g/mol. The van der Waals surface area contributed by atoms with E-state index in [1.807, 2.05) is 19.1 Å². The lowest BCUT2D eigenvalue weighted by Crippen LogP contribution is -2.20. The van der Waals surface area contributed by atoms with Crippen LogP contribution >= 0.6 is 0 Å². The molecule has 4 aromatic rings. The van der Waals surface area contributed by atoms with Crippen molar-refractivity contribution in [2.75, 3.05) is 31.5 Å². The number of hydrogen-bond acceptors (Lipinski definition) is 5. The predicted molar refractivity (Wildman–Crippen MR) is 160 cm³/mol. The Bertz CT molecular complexity index is 1650. The summed E-state index contributed by atoms with van der Waals surface area (Å²) in [5.41, 5.74) is 3.98. The van der Waals surface area contributed by atoms with Crippen LogP contribution in [0.3, 0.4) is 0 Å². The van der Waals surface area contributed by atoms with E-state index in [1.165, 1.54) is 18.2 Å². The number of ether oxygens (including phenoxy) is 2. The van der Waals surface area contributed by atoms with Crippen LogP contribution in [-0.4, -0.2) is 44.3 Å². The van der Waals surface area contributed by atoms with Gasteiger partial charge in [-0.1, -0.05) is 12.1 Å². The Balaban J connectivity index is 1.31. The lowest BCUT2D eigenvalue weighted by molar-refractivity contribution is 0.102. The average Bonchev–Trinajstić information content (AvgIpc) is 3.70. The highest BCUT2D eigenvalue weighted by Gasteiger charge is 2.22. The highest BCUT2D eigenvalue weighted by Crippen LogP contribution is 2.37. The highest BCUT2D eigenvalue weighted by molar-refractivity contribution is 6.05. The van der Waals surface area contributed by atoms with Crippen molar-refractivity contribution in [3.8, 4) is 33.8 Å². The van der Waals surface area contributed by atoms with Crippen molar-refractivity contribution < 1.29 is 27.4 Å². The van der Waals surface area contributed by atoms with Crippen molar-refractivity contribution >= 4 is 11.6 Å². The van der Waals surface area contributed by atoms with Crippen LogP contribution in [0.25, 0.3) is 22.3 Å². The number of benzene rings is 4. The number of nitrogens with one attached hydrogen (secondary N) is 3. The number of aryl methyl sites for hydroxylation is 1. The maximum absolute atomic E-state index is 14.2. The summed E-state index contributed by atoms with van der Waals surface area (Å²) in [4.78, 5) is 13.5. The van der Waals surface area contributed by atoms with Crippen molar-refractivity contribution in [2.24, 2.45) is 0 Å². The smallest absolute Gasteiger partial charge is 0.255 e. The van der Waals surface area contributed by atoms with Crippen LogP contribution in [0.2, 0.25) is 0 Å². The molecule has 1 amide bonds. The molecule has 2 aliphatic rings. The van der Waals surface area contributed by atoms with E-state index in [0.29, 0.717) is 40.4 Å². The summed E-state index contributed by atoms with van der Waals surface area (Å²) >= 11 is 0. The molecule has 6 rings (SSSR count). The summed E-state index contributed by atoms with van der Waals surface area (Å²) in [5, 5.41) is 9.48. The van der Waals surface area contributed by atoms with Crippen molar-refractivity contribution in [3.63, 3.8) is 0 Å². The molecule has 2 fully saturated rings. The van der Waals surface area contributed by atoms with Crippen LogP contribution in [-0.2, 0) is 0 Å². The molecule has 0 bridgehead atoms. The van der Waals surface area contributed by atoms with E-state index in [0.717, 1.165) is 61.3 Å². The summed E-state index contributed by atoms with van der Waals surface area (Å²) in [6.07, 6.45) is 1.62. The van der Waals surface area contributed by atoms with Crippen molar-refractivity contribution in [3.05, 3.63) is 101 Å². The summed E-state index contributed by atoms with van der Waals surface area (Å²) in [6, 6.07) is 18.5. The average molecular weight is 588 g/mol. The fraction of sp³-hybridized carbons (Fsp3) is 0.265. The fourth-order valence-electron chi connectivity index (χ4n) is 5.53. The Morgan fingerprint density at radius 2 is 1.44 bits per heavy atom. The van der Waals surface area contributed by atoms with E-state index < -0.39 is 17.5 Å². The van der Waals surface area contributed by atoms with Crippen LogP contribution < -0.4 is 25.4 Å². The second-order valence-electron chi connectivity index (χ2n) is 10.9. The molecule has 4 aromatic carbocycles. The maximum Gasteiger partial charge on any atom is 0.255 e. The number of rotatable bonds is 8. The van der Waals surface area contributed by atoms with Crippen LogP contribution in [0, 0.1) is 24.4 Å². The van der Waals surface area contributed by atoms with Crippen LogP contribution in [0.4, 0.5) is 18.9 Å². The topological polar surface area (TPSA) is 71.6 Å². The molecule has 6 nitrogen and oxygen atoms in total. The molecule has 2 aliphatic heterocycles. The van der Waals surface area contributed by atoms with Crippen LogP contribution in [0.5, 0.6) is 11.5 Å². The first kappa shape index (κ1) is 28.8. The third-order valence-electron chi connectivity index (χ3n) is 7.81. The number of hydrogen-bond donors (Lipinski definition) is 3. The lowest BCUT2D eigenvalue weighted by Gasteiger charge is -2.19. The molecule has 0 aromatic heterocycles. The summed E-state index contributed by atoms with van der Waals surface area (Å²) in [5.74, 6) is -1.54. The monoisotopic (exact) mass is 587 g/mol. The number of amides is 1. The third kappa shape index (κ3) is 6.53. The minimum Gasteiger partial charge on any atom is -0.488 e. The minimum absolute atomic E-state index is 0.00964. The summed E-state index contributed by atoms with van der Waals surface area (Å²) < 4.78 is 54.3. The molecule has 222 valence electrons. The van der Waals surface area contributed by atoms with Gasteiger partial charge in [0.1, 0.15) is 29.5 Å². The van der Waals surface area contributed by atoms with Gasteiger partial charge in [0.25, 0.3) is 5.91 Å². The van der Waals surface area contributed by atoms with Gasteiger partial charge in [0.15, 0.2) is 11.6 Å². The molecule has 43 heavy (non-hydrogen) atoms. The maximum atomic E-state index is 14.2. The molecule has 2 saturated heterocycles. The highest BCUT2D eigenvalue weighted by atomic mass is 19.2. The molecule has 0 radical (unpaired) electrons. The van der Waals surface area contributed by atoms with E-state index in [4.69, 9.17) is 9.47 Å². The van der Waals surface area contributed by atoms with Crippen molar-refractivity contribution in [2.45, 2.75) is 32.0 Å². The fourth-order valence-corrected chi connectivity index (χ4v) is 5.53. The Hall–Kier alpha value is -4.34. The van der Waals surface area contributed by atoms with E-state index >= 15 is 0 Å². The Kier molecular flexibility index (Phi) is 8.35. The van der Waals surface area contributed by atoms with Crippen molar-refractivity contribution in [1.29, 1.82) is 0 Å². The van der Waals surface area contributed by atoms with Gasteiger partial charge in [-0.15, -0.1) is 0 Å². The van der Waals surface area contributed by atoms with Gasteiger partial charge in [0.05, 0.1) is 0 Å². The van der Waals surface area contributed by atoms with Crippen LogP contribution in [0.1, 0.15) is 28.8 Å². The van der Waals surface area contributed by atoms with E-state index in [2.05, 4.69) is 16.0 Å². The molecule has 0 saturated carbocycles. The van der Waals surface area contributed by atoms with Crippen molar-refractivity contribution in [1.82, 2.24) is 10.6 Å². The number of anilines is 1. The van der Waals surface area contributed by atoms with Crippen LogP contribution in [0.15, 0.2) is 72.8 Å². The van der Waals surface area contributed by atoms with Gasteiger partial charge < -0.3 is 25.4 Å². The number of halogens is 3.